The van der Waals surface area contributed by atoms with Gasteiger partial charge >= 0.3 is 5.97 Å². The number of halogens is 1. The van der Waals surface area contributed by atoms with E-state index in [0.29, 0.717) is 24.2 Å². The molecule has 0 unspecified atom stereocenters. The fourth-order valence-electron chi connectivity index (χ4n) is 4.24. The minimum atomic E-state index is -0.923. The molecule has 0 bridgehead atoms. The molecule has 2 aliphatic rings. The first-order valence-electron chi connectivity index (χ1n) is 9.31. The summed E-state index contributed by atoms with van der Waals surface area (Å²) < 4.78 is 16.0. The molecule has 27 heavy (non-hydrogen) atoms. The van der Waals surface area contributed by atoms with E-state index in [0.717, 1.165) is 42.5 Å². The molecule has 4 rings (SSSR count). The van der Waals surface area contributed by atoms with Crippen LogP contribution in [-0.2, 0) is 17.6 Å². The van der Waals surface area contributed by atoms with Gasteiger partial charge in [0, 0.05) is 11.3 Å². The summed E-state index contributed by atoms with van der Waals surface area (Å²) in [6.45, 7) is 1.82. The molecule has 1 aromatic heterocycles. The number of carbonyl (C=O) groups is 2. The summed E-state index contributed by atoms with van der Waals surface area (Å²) in [5, 5.41) is 16.5. The third kappa shape index (κ3) is 3.01. The van der Waals surface area contributed by atoms with Crippen molar-refractivity contribution in [2.75, 3.05) is 0 Å². The Hall–Kier alpha value is -2.70. The summed E-state index contributed by atoms with van der Waals surface area (Å²) in [5.41, 5.74) is 2.45. The molecule has 2 aliphatic carbocycles. The van der Waals surface area contributed by atoms with Crippen molar-refractivity contribution in [1.29, 1.82) is 0 Å². The summed E-state index contributed by atoms with van der Waals surface area (Å²) in [6, 6.07) is 4.86. The predicted octanol–water partition coefficient (Wildman–Crippen LogP) is 2.94. The number of carboxylic acid groups (broad SMARTS) is 1. The zero-order valence-electron chi connectivity index (χ0n) is 15.2. The number of hydrogen-bond acceptors (Lipinski definition) is 3. The average Bonchev–Trinajstić information content (AvgIpc) is 3.15. The summed E-state index contributed by atoms with van der Waals surface area (Å²) in [7, 11) is 0. The molecule has 1 aromatic carbocycles. The fraction of sp³-hybridized carbons (Fsp3) is 0.450. The van der Waals surface area contributed by atoms with E-state index in [-0.39, 0.29) is 18.1 Å². The van der Waals surface area contributed by atoms with Crippen LogP contribution in [0.1, 0.15) is 59.4 Å². The Morgan fingerprint density at radius 3 is 2.70 bits per heavy atom. The number of para-hydroxylation sites is 1. The van der Waals surface area contributed by atoms with E-state index >= 15 is 0 Å². The van der Waals surface area contributed by atoms with Gasteiger partial charge in [0.25, 0.3) is 5.91 Å². The lowest BCUT2D eigenvalue weighted by atomic mass is 9.74. The van der Waals surface area contributed by atoms with Crippen molar-refractivity contribution in [2.45, 2.75) is 57.4 Å². The van der Waals surface area contributed by atoms with Crippen LogP contribution in [0.5, 0.6) is 0 Å². The molecule has 7 heteroatoms. The number of carbonyl (C=O) groups excluding carboxylic acids is 1. The number of aliphatic carboxylic acids is 1. The summed E-state index contributed by atoms with van der Waals surface area (Å²) in [5.74, 6) is -1.66. The largest absolute Gasteiger partial charge is 0.481 e. The molecule has 2 N–H and O–H groups in total. The van der Waals surface area contributed by atoms with E-state index < -0.39 is 11.5 Å². The molecule has 1 fully saturated rings. The predicted molar refractivity (Wildman–Crippen MR) is 96.6 cm³/mol. The van der Waals surface area contributed by atoms with E-state index in [1.165, 1.54) is 6.07 Å². The molecular formula is C20H22FN3O3. The average molecular weight is 371 g/mol. The fourth-order valence-corrected chi connectivity index (χ4v) is 4.24. The van der Waals surface area contributed by atoms with E-state index in [1.807, 2.05) is 13.0 Å². The van der Waals surface area contributed by atoms with E-state index in [1.54, 1.807) is 10.7 Å². The van der Waals surface area contributed by atoms with Crippen LogP contribution in [0.2, 0.25) is 0 Å². The van der Waals surface area contributed by atoms with E-state index in [2.05, 4.69) is 10.4 Å². The van der Waals surface area contributed by atoms with Crippen molar-refractivity contribution < 1.29 is 19.1 Å². The molecule has 142 valence electrons. The number of rotatable bonds is 5. The van der Waals surface area contributed by atoms with E-state index in [4.69, 9.17) is 5.11 Å². The molecule has 6 nitrogen and oxygen atoms in total. The second-order valence-corrected chi connectivity index (χ2v) is 7.60. The van der Waals surface area contributed by atoms with Crippen molar-refractivity contribution >= 4 is 11.9 Å². The smallest absolute Gasteiger partial charge is 0.305 e. The standard InChI is InChI=1S/C20H22FN3O3/c1-12-5-2-7-14(21)18(12)24-15-8-3-6-13(15)17(23-24)19(27)22-20(9-4-10-20)11-16(25)26/h2,5,7H,3-4,6,8-11H2,1H3,(H,22,27)(H,25,26). The first-order chi connectivity index (χ1) is 12.9. The number of amides is 1. The molecule has 0 atom stereocenters. The SMILES string of the molecule is Cc1cccc(F)c1-n1nc(C(=O)NC2(CC(=O)O)CCC2)c2c1CCC2. The summed E-state index contributed by atoms with van der Waals surface area (Å²) in [6.07, 6.45) is 4.46. The molecular weight excluding hydrogens is 349 g/mol. The Labute approximate surface area is 156 Å². The van der Waals surface area contributed by atoms with Gasteiger partial charge in [-0.3, -0.25) is 9.59 Å². The number of carboxylic acids is 1. The monoisotopic (exact) mass is 371 g/mol. The van der Waals surface area contributed by atoms with Crippen LogP contribution in [0.4, 0.5) is 4.39 Å². The van der Waals surface area contributed by atoms with Crippen molar-refractivity contribution in [3.8, 4) is 5.69 Å². The Morgan fingerprint density at radius 2 is 2.07 bits per heavy atom. The number of hydrogen-bond donors (Lipinski definition) is 2. The van der Waals surface area contributed by atoms with Gasteiger partial charge in [-0.25, -0.2) is 9.07 Å². The van der Waals surface area contributed by atoms with Gasteiger partial charge in [-0.05, 0) is 57.1 Å². The third-order valence-corrected chi connectivity index (χ3v) is 5.72. The van der Waals surface area contributed by atoms with Gasteiger partial charge in [0.15, 0.2) is 5.69 Å². The van der Waals surface area contributed by atoms with Crippen LogP contribution in [0.25, 0.3) is 5.69 Å². The highest BCUT2D eigenvalue weighted by atomic mass is 19.1. The van der Waals surface area contributed by atoms with Crippen molar-refractivity contribution in [3.05, 3.63) is 46.5 Å². The van der Waals surface area contributed by atoms with Gasteiger partial charge in [0.05, 0.1) is 12.0 Å². The molecule has 2 aromatic rings. The zero-order valence-corrected chi connectivity index (χ0v) is 15.2. The van der Waals surface area contributed by atoms with Crippen molar-refractivity contribution in [3.63, 3.8) is 0 Å². The second-order valence-electron chi connectivity index (χ2n) is 7.60. The molecule has 1 heterocycles. The topological polar surface area (TPSA) is 84.2 Å². The van der Waals surface area contributed by atoms with Gasteiger partial charge in [0.2, 0.25) is 0 Å². The Bertz CT molecular complexity index is 911. The molecule has 0 radical (unpaired) electrons. The molecule has 0 spiro atoms. The van der Waals surface area contributed by atoms with E-state index in [9.17, 15) is 14.0 Å². The maximum Gasteiger partial charge on any atom is 0.305 e. The molecule has 1 amide bonds. The van der Waals surface area contributed by atoms with Gasteiger partial charge in [-0.1, -0.05) is 12.1 Å². The minimum Gasteiger partial charge on any atom is -0.481 e. The van der Waals surface area contributed by atoms with Crippen LogP contribution in [0, 0.1) is 12.7 Å². The van der Waals surface area contributed by atoms with Crippen molar-refractivity contribution in [1.82, 2.24) is 15.1 Å². The van der Waals surface area contributed by atoms with Crippen LogP contribution in [0.3, 0.4) is 0 Å². The first kappa shape index (κ1) is 17.7. The summed E-state index contributed by atoms with van der Waals surface area (Å²) in [4.78, 5) is 24.1. The number of aromatic nitrogens is 2. The highest BCUT2D eigenvalue weighted by Gasteiger charge is 2.41. The molecule has 0 saturated heterocycles. The number of fused-ring (bicyclic) bond motifs is 1. The lowest BCUT2D eigenvalue weighted by molar-refractivity contribution is -0.139. The summed E-state index contributed by atoms with van der Waals surface area (Å²) >= 11 is 0. The normalized spacial score (nSPS) is 17.3. The van der Waals surface area contributed by atoms with Gasteiger partial charge in [0.1, 0.15) is 11.5 Å². The molecule has 0 aliphatic heterocycles. The van der Waals surface area contributed by atoms with Crippen LogP contribution >= 0.6 is 0 Å². The van der Waals surface area contributed by atoms with Crippen LogP contribution in [0.15, 0.2) is 18.2 Å². The van der Waals surface area contributed by atoms with Crippen LogP contribution < -0.4 is 5.32 Å². The third-order valence-electron chi connectivity index (χ3n) is 5.72. The number of aryl methyl sites for hydroxylation is 1. The zero-order chi connectivity index (χ0) is 19.2. The van der Waals surface area contributed by atoms with Gasteiger partial charge in [-0.2, -0.15) is 5.10 Å². The number of nitrogens with one attached hydrogen (secondary N) is 1. The highest BCUT2D eigenvalue weighted by molar-refractivity contribution is 5.95. The number of nitrogens with zero attached hydrogens (tertiary/aromatic N) is 2. The Kier molecular flexibility index (Phi) is 4.25. The van der Waals surface area contributed by atoms with Gasteiger partial charge in [-0.15, -0.1) is 0 Å². The van der Waals surface area contributed by atoms with Gasteiger partial charge < -0.3 is 10.4 Å². The minimum absolute atomic E-state index is 0.0892. The lowest BCUT2D eigenvalue weighted by Crippen LogP contribution is -2.54. The lowest BCUT2D eigenvalue weighted by Gasteiger charge is -2.41. The Morgan fingerprint density at radius 1 is 1.30 bits per heavy atom. The maximum absolute atomic E-state index is 14.5. The second kappa shape index (κ2) is 6.48. The first-order valence-corrected chi connectivity index (χ1v) is 9.31. The quantitative estimate of drug-likeness (QED) is 0.846. The van der Waals surface area contributed by atoms with Crippen molar-refractivity contribution in [2.24, 2.45) is 0 Å². The van der Waals surface area contributed by atoms with Crippen LogP contribution in [-0.4, -0.2) is 32.3 Å². The molecule has 1 saturated carbocycles. The highest BCUT2D eigenvalue weighted by Crippen LogP contribution is 2.36. The Balaban J connectivity index is 1.71. The maximum atomic E-state index is 14.5. The number of benzene rings is 1.